The summed E-state index contributed by atoms with van der Waals surface area (Å²) in [6, 6.07) is 0. The van der Waals surface area contributed by atoms with Crippen molar-refractivity contribution in [3.8, 4) is 0 Å². The van der Waals surface area contributed by atoms with Crippen LogP contribution in [0.15, 0.2) is 35.9 Å². The lowest BCUT2D eigenvalue weighted by molar-refractivity contribution is -0.0494. The fourth-order valence-electron chi connectivity index (χ4n) is 5.02. The lowest BCUT2D eigenvalue weighted by Crippen LogP contribution is -2.37. The molecule has 8 atom stereocenters. The summed E-state index contributed by atoms with van der Waals surface area (Å²) in [6.07, 6.45) is -3.16. The molecular formula is C21H26N10O10P2S2. The first-order valence-electron chi connectivity index (χ1n) is 12.9. The first-order valence-corrected chi connectivity index (χ1v) is 18.2. The Kier molecular flexibility index (Phi) is 8.61. The van der Waals surface area contributed by atoms with Gasteiger partial charge >= 0.3 is 19.2 Å². The molecule has 2 aliphatic rings. The number of anilines is 2. The van der Waals surface area contributed by atoms with Crippen LogP contribution in [0, 0.1) is 0 Å². The Morgan fingerprint density at radius 1 is 1.11 bits per heavy atom. The van der Waals surface area contributed by atoms with E-state index in [1.165, 1.54) is 12.7 Å². The molecular weight excluding hydrogens is 678 g/mol. The van der Waals surface area contributed by atoms with E-state index in [2.05, 4.69) is 48.7 Å². The molecule has 2 saturated heterocycles. The number of nitrogen functional groups attached to an aromatic ring is 2. The fourth-order valence-corrected chi connectivity index (χ4v) is 7.00. The SMILES string of the molecule is C=C1C[C@@H](COP(O)(=S)O[C@@H]2C(O)C(COP(=O)(O)S)O[C@H]2n2c(=O)[nH]c3c(N)ncnc32)O[C@H]1n1cnc2c(N)ncnc21. The lowest BCUT2D eigenvalue weighted by atomic mass is 10.1. The zero-order valence-electron chi connectivity index (χ0n) is 22.8. The van der Waals surface area contributed by atoms with Crippen molar-refractivity contribution in [1.29, 1.82) is 0 Å². The summed E-state index contributed by atoms with van der Waals surface area (Å²) < 4.78 is 42.2. The van der Waals surface area contributed by atoms with E-state index in [-0.39, 0.29) is 29.4 Å². The minimum Gasteiger partial charge on any atom is -0.387 e. The number of H-pyrrole nitrogens is 1. The van der Waals surface area contributed by atoms with E-state index in [9.17, 15) is 24.3 Å². The molecule has 0 radical (unpaired) electrons. The van der Waals surface area contributed by atoms with Crippen molar-refractivity contribution in [3.63, 3.8) is 0 Å². The van der Waals surface area contributed by atoms with Gasteiger partial charge in [-0.25, -0.2) is 38.8 Å². The average molecular weight is 705 g/mol. The molecule has 45 heavy (non-hydrogen) atoms. The maximum absolute atomic E-state index is 13.0. The van der Waals surface area contributed by atoms with E-state index in [0.717, 1.165) is 10.9 Å². The highest BCUT2D eigenvalue weighted by molar-refractivity contribution is 8.44. The maximum Gasteiger partial charge on any atom is 0.383 e. The highest BCUT2D eigenvalue weighted by Crippen LogP contribution is 2.52. The molecule has 2 fully saturated rings. The zero-order chi connectivity index (χ0) is 32.3. The minimum atomic E-state index is -4.29. The van der Waals surface area contributed by atoms with Crippen LogP contribution < -0.4 is 17.2 Å². The number of aromatic amines is 1. The lowest BCUT2D eigenvalue weighted by Gasteiger charge is -2.26. The second kappa shape index (κ2) is 12.1. The highest BCUT2D eigenvalue weighted by atomic mass is 32.7. The number of ether oxygens (including phenoxy) is 2. The molecule has 20 nitrogen and oxygen atoms in total. The molecule has 4 aromatic rings. The van der Waals surface area contributed by atoms with Gasteiger partial charge in [-0.3, -0.25) is 13.6 Å². The van der Waals surface area contributed by atoms with Gasteiger partial charge in [-0.1, -0.05) is 18.8 Å². The third kappa shape index (κ3) is 6.42. The Balaban J connectivity index is 1.20. The smallest absolute Gasteiger partial charge is 0.383 e. The molecule has 4 aromatic heterocycles. The Hall–Kier alpha value is -2.85. The van der Waals surface area contributed by atoms with Gasteiger partial charge in [-0.05, 0) is 17.4 Å². The molecule has 242 valence electrons. The van der Waals surface area contributed by atoms with E-state index >= 15 is 0 Å². The van der Waals surface area contributed by atoms with E-state index < -0.39 is 62.7 Å². The van der Waals surface area contributed by atoms with Crippen molar-refractivity contribution in [3.05, 3.63) is 41.6 Å². The molecule has 0 bridgehead atoms. The molecule has 0 spiro atoms. The van der Waals surface area contributed by atoms with Crippen LogP contribution in [0.25, 0.3) is 22.3 Å². The first kappa shape index (κ1) is 32.1. The minimum absolute atomic E-state index is 0.0167. The third-order valence-electron chi connectivity index (χ3n) is 6.99. The van der Waals surface area contributed by atoms with Crippen LogP contribution in [0.3, 0.4) is 0 Å². The summed E-state index contributed by atoms with van der Waals surface area (Å²) in [5, 5.41) is 11.1. The van der Waals surface area contributed by atoms with Crippen LogP contribution in [0.1, 0.15) is 18.9 Å². The van der Waals surface area contributed by atoms with Crippen LogP contribution >= 0.6 is 25.8 Å². The Morgan fingerprint density at radius 2 is 1.82 bits per heavy atom. The summed E-state index contributed by atoms with van der Waals surface area (Å²) in [4.78, 5) is 56.2. The molecule has 2 aliphatic heterocycles. The normalized spacial score (nSPS) is 28.1. The van der Waals surface area contributed by atoms with Gasteiger partial charge in [0.25, 0.3) is 0 Å². The number of hydrogen-bond donors (Lipinski definition) is 7. The van der Waals surface area contributed by atoms with Gasteiger partial charge in [0.2, 0.25) is 0 Å². The predicted octanol–water partition coefficient (Wildman–Crippen LogP) is -0.109. The van der Waals surface area contributed by atoms with E-state index in [0.29, 0.717) is 23.2 Å². The molecule has 0 aromatic carbocycles. The van der Waals surface area contributed by atoms with Crippen LogP contribution in [0.2, 0.25) is 0 Å². The Morgan fingerprint density at radius 3 is 2.56 bits per heavy atom. The van der Waals surface area contributed by atoms with Gasteiger partial charge in [0.05, 0.1) is 25.6 Å². The largest absolute Gasteiger partial charge is 0.387 e. The second-order valence-corrected chi connectivity index (χ2v) is 15.5. The van der Waals surface area contributed by atoms with Crippen LogP contribution in [0.4, 0.5) is 11.6 Å². The fraction of sp³-hybridized carbons (Fsp3) is 0.429. The van der Waals surface area contributed by atoms with Crippen molar-refractivity contribution in [1.82, 2.24) is 39.0 Å². The number of nitrogens with two attached hydrogens (primary N) is 2. The molecule has 8 N–H and O–H groups in total. The number of aliphatic hydroxyl groups is 1. The number of aromatic nitrogens is 8. The summed E-state index contributed by atoms with van der Waals surface area (Å²) in [5.41, 5.74) is 12.5. The van der Waals surface area contributed by atoms with Gasteiger partial charge in [0, 0.05) is 6.42 Å². The quantitative estimate of drug-likeness (QED) is 0.0644. The summed E-state index contributed by atoms with van der Waals surface area (Å²) in [6.45, 7) is -5.32. The molecule has 6 heterocycles. The number of rotatable bonds is 10. The summed E-state index contributed by atoms with van der Waals surface area (Å²) >= 11 is 8.70. The highest BCUT2D eigenvalue weighted by Gasteiger charge is 2.50. The Labute approximate surface area is 262 Å². The van der Waals surface area contributed by atoms with E-state index in [1.54, 1.807) is 4.57 Å². The average Bonchev–Trinajstić information content (AvgIpc) is 3.71. The van der Waals surface area contributed by atoms with Gasteiger partial charge in [0.15, 0.2) is 35.4 Å². The molecule has 0 aliphatic carbocycles. The second-order valence-electron chi connectivity index (χ2n) is 9.99. The summed E-state index contributed by atoms with van der Waals surface area (Å²) in [5.74, 6) is 0.155. The number of hydrogen-bond acceptors (Lipinski definition) is 16. The first-order chi connectivity index (χ1) is 21.2. The van der Waals surface area contributed by atoms with E-state index in [4.69, 9.17) is 46.3 Å². The topological polar surface area (TPSA) is 283 Å². The van der Waals surface area contributed by atoms with Crippen molar-refractivity contribution >= 4 is 71.5 Å². The van der Waals surface area contributed by atoms with Crippen LogP contribution in [-0.4, -0.2) is 91.6 Å². The van der Waals surface area contributed by atoms with Gasteiger partial charge in [-0.2, -0.15) is 0 Å². The van der Waals surface area contributed by atoms with E-state index in [1.807, 2.05) is 0 Å². The third-order valence-corrected chi connectivity index (χ3v) is 9.38. The van der Waals surface area contributed by atoms with Gasteiger partial charge < -0.3 is 45.3 Å². The number of nitrogens with one attached hydrogen (secondary N) is 1. The van der Waals surface area contributed by atoms with Crippen molar-refractivity contribution in [2.45, 2.75) is 43.3 Å². The van der Waals surface area contributed by atoms with Crippen molar-refractivity contribution < 1.29 is 42.5 Å². The van der Waals surface area contributed by atoms with Crippen molar-refractivity contribution in [2.75, 3.05) is 24.7 Å². The van der Waals surface area contributed by atoms with Gasteiger partial charge in [-0.15, -0.1) is 0 Å². The Bertz CT molecular complexity index is 1930. The zero-order valence-corrected chi connectivity index (χ0v) is 26.3. The standard InChI is InChI=1S/C21H26N10O10P2S2/c1-8-2-9(39-19(8)30-7-28-11-15(22)24-5-26-17(11)30)3-38-43(36,45)41-14-13(32)10(4-37-42(34,35)44)40-20(14)31-18-12(29-21(31)33)16(23)25-6-27-18/h5-7,9-10,13-14,19-20,32H,1-4H2,(H,29,33)(H,36,45)(H2,22,24,26)(H2,23,25,27)(H2,34,35,44)/t9-,10?,13?,14+,19+,20+,43?/m0/s1. The molecule has 0 amide bonds. The number of imidazole rings is 2. The molecule has 4 unspecified atom stereocenters. The van der Waals surface area contributed by atoms with Crippen LogP contribution in [0.5, 0.6) is 0 Å². The number of nitrogens with zero attached hydrogens (tertiary/aromatic N) is 7. The van der Waals surface area contributed by atoms with Gasteiger partial charge in [0.1, 0.15) is 42.0 Å². The predicted molar refractivity (Wildman–Crippen MR) is 162 cm³/mol. The maximum atomic E-state index is 13.0. The van der Waals surface area contributed by atoms with Crippen LogP contribution in [-0.2, 0) is 39.4 Å². The molecule has 24 heteroatoms. The number of aliphatic hydroxyl groups excluding tert-OH is 1. The monoisotopic (exact) mass is 704 g/mol. The molecule has 6 rings (SSSR count). The van der Waals surface area contributed by atoms with Crippen molar-refractivity contribution in [2.24, 2.45) is 0 Å². The molecule has 0 saturated carbocycles. The number of thiol groups is 1. The summed E-state index contributed by atoms with van der Waals surface area (Å²) in [7, 11) is 0. The number of fused-ring (bicyclic) bond motifs is 2.